The maximum absolute atomic E-state index is 13.4. The molecule has 1 saturated heterocycles. The fraction of sp³-hybridized carbons (Fsp3) is 0.385. The van der Waals surface area contributed by atoms with Gasteiger partial charge in [0.05, 0.1) is 11.7 Å². The second-order valence-electron chi connectivity index (χ2n) is 4.47. The van der Waals surface area contributed by atoms with E-state index in [-0.39, 0.29) is 11.8 Å². The van der Waals surface area contributed by atoms with Gasteiger partial charge in [-0.1, -0.05) is 0 Å². The molecule has 1 unspecified atom stereocenters. The minimum atomic E-state index is -1.35. The van der Waals surface area contributed by atoms with Crippen molar-refractivity contribution in [1.82, 2.24) is 5.32 Å². The molecule has 0 aromatic heterocycles. The van der Waals surface area contributed by atoms with Crippen LogP contribution in [-0.4, -0.2) is 36.4 Å². The van der Waals surface area contributed by atoms with Gasteiger partial charge in [0, 0.05) is 18.8 Å². The molecule has 1 atom stereocenters. The van der Waals surface area contributed by atoms with Crippen molar-refractivity contribution in [2.45, 2.75) is 18.9 Å². The number of benzene rings is 1. The average molecular weight is 282 g/mol. The van der Waals surface area contributed by atoms with E-state index in [1.165, 1.54) is 6.07 Å². The first-order valence-electron chi connectivity index (χ1n) is 6.25. The maximum atomic E-state index is 13.4. The molecule has 0 aliphatic carbocycles. The van der Waals surface area contributed by atoms with Crippen molar-refractivity contribution in [3.05, 3.63) is 29.6 Å². The number of urea groups is 1. The third-order valence-electron chi connectivity index (χ3n) is 2.97. The quantitative estimate of drug-likeness (QED) is 0.786. The largest absolute Gasteiger partial charge is 0.478 e. The highest BCUT2D eigenvalue weighted by atomic mass is 19.1. The molecule has 1 aliphatic heterocycles. The number of nitrogens with one attached hydrogen (secondary N) is 2. The van der Waals surface area contributed by atoms with Crippen LogP contribution in [0, 0.1) is 5.82 Å². The van der Waals surface area contributed by atoms with E-state index in [9.17, 15) is 14.0 Å². The number of anilines is 1. The van der Waals surface area contributed by atoms with Crippen LogP contribution in [-0.2, 0) is 4.74 Å². The molecule has 0 spiro atoms. The van der Waals surface area contributed by atoms with Gasteiger partial charge < -0.3 is 20.5 Å². The summed E-state index contributed by atoms with van der Waals surface area (Å²) in [5.41, 5.74) is -0.243. The molecule has 108 valence electrons. The van der Waals surface area contributed by atoms with E-state index in [4.69, 9.17) is 9.84 Å². The highest BCUT2D eigenvalue weighted by Crippen LogP contribution is 2.15. The van der Waals surface area contributed by atoms with Crippen LogP contribution in [0.4, 0.5) is 14.9 Å². The second kappa shape index (κ2) is 6.33. The van der Waals surface area contributed by atoms with Gasteiger partial charge in [-0.3, -0.25) is 0 Å². The van der Waals surface area contributed by atoms with E-state index in [1.807, 2.05) is 0 Å². The zero-order valence-corrected chi connectivity index (χ0v) is 10.7. The summed E-state index contributed by atoms with van der Waals surface area (Å²) in [4.78, 5) is 22.2. The van der Waals surface area contributed by atoms with E-state index >= 15 is 0 Å². The van der Waals surface area contributed by atoms with Crippen LogP contribution in [0.3, 0.4) is 0 Å². The smallest absolute Gasteiger partial charge is 0.338 e. The fourth-order valence-corrected chi connectivity index (χ4v) is 1.95. The molecule has 0 bridgehead atoms. The molecule has 1 heterocycles. The molecule has 20 heavy (non-hydrogen) atoms. The van der Waals surface area contributed by atoms with Crippen LogP contribution in [0.5, 0.6) is 0 Å². The number of amides is 2. The minimum Gasteiger partial charge on any atom is -0.478 e. The summed E-state index contributed by atoms with van der Waals surface area (Å²) in [6, 6.07) is 2.92. The lowest BCUT2D eigenvalue weighted by Crippen LogP contribution is -2.35. The van der Waals surface area contributed by atoms with Crippen molar-refractivity contribution in [3.8, 4) is 0 Å². The molecule has 1 fully saturated rings. The summed E-state index contributed by atoms with van der Waals surface area (Å²) in [6.07, 6.45) is 1.91. The van der Waals surface area contributed by atoms with E-state index in [0.29, 0.717) is 13.2 Å². The molecule has 2 rings (SSSR count). The Morgan fingerprint density at radius 2 is 2.25 bits per heavy atom. The van der Waals surface area contributed by atoms with E-state index < -0.39 is 23.4 Å². The molecular weight excluding hydrogens is 267 g/mol. The highest BCUT2D eigenvalue weighted by Gasteiger charge is 2.16. The van der Waals surface area contributed by atoms with Gasteiger partial charge in [-0.2, -0.15) is 0 Å². The monoisotopic (exact) mass is 282 g/mol. The van der Waals surface area contributed by atoms with Gasteiger partial charge in [-0.15, -0.1) is 0 Å². The predicted molar refractivity (Wildman–Crippen MR) is 69.4 cm³/mol. The first-order chi connectivity index (χ1) is 9.56. The Balaban J connectivity index is 1.87. The predicted octanol–water partition coefficient (Wildman–Crippen LogP) is 1.82. The number of rotatable bonds is 4. The Kier molecular flexibility index (Phi) is 4.52. The summed E-state index contributed by atoms with van der Waals surface area (Å²) in [5.74, 6) is -2.24. The summed E-state index contributed by atoms with van der Waals surface area (Å²) < 4.78 is 18.8. The zero-order valence-electron chi connectivity index (χ0n) is 10.7. The number of carbonyl (C=O) groups is 2. The lowest BCUT2D eigenvalue weighted by Gasteiger charge is -2.12. The van der Waals surface area contributed by atoms with Gasteiger partial charge in [0.2, 0.25) is 0 Å². The van der Waals surface area contributed by atoms with Crippen molar-refractivity contribution in [3.63, 3.8) is 0 Å². The van der Waals surface area contributed by atoms with Crippen molar-refractivity contribution in [1.29, 1.82) is 0 Å². The molecule has 6 nitrogen and oxygen atoms in total. The zero-order chi connectivity index (χ0) is 14.5. The number of ether oxygens (including phenoxy) is 1. The SMILES string of the molecule is O=C(NCC1CCCO1)Nc1ccc(C(=O)O)c(F)c1. The summed E-state index contributed by atoms with van der Waals surface area (Å²) in [5, 5.41) is 13.7. The van der Waals surface area contributed by atoms with Gasteiger partial charge in [-0.05, 0) is 31.0 Å². The van der Waals surface area contributed by atoms with Crippen LogP contribution in [0.2, 0.25) is 0 Å². The minimum absolute atomic E-state index is 0.0203. The molecule has 0 radical (unpaired) electrons. The Bertz CT molecular complexity index is 515. The molecule has 2 amide bonds. The number of hydrogen-bond acceptors (Lipinski definition) is 3. The van der Waals surface area contributed by atoms with Gasteiger partial charge >= 0.3 is 12.0 Å². The van der Waals surface area contributed by atoms with Gasteiger partial charge in [0.25, 0.3) is 0 Å². The van der Waals surface area contributed by atoms with Crippen molar-refractivity contribution >= 4 is 17.7 Å². The first kappa shape index (κ1) is 14.3. The number of carboxylic acid groups (broad SMARTS) is 1. The molecule has 1 aromatic carbocycles. The molecule has 7 heteroatoms. The Hall–Kier alpha value is -2.15. The molecular formula is C13H15FN2O4. The van der Waals surface area contributed by atoms with Gasteiger partial charge in [0.1, 0.15) is 5.82 Å². The average Bonchev–Trinajstić information content (AvgIpc) is 2.89. The lowest BCUT2D eigenvalue weighted by atomic mass is 10.2. The standard InChI is InChI=1S/C13H15FN2O4/c14-11-6-8(3-4-10(11)12(17)18)16-13(19)15-7-9-2-1-5-20-9/h3-4,6,9H,1-2,5,7H2,(H,17,18)(H2,15,16,19). The van der Waals surface area contributed by atoms with E-state index in [1.54, 1.807) is 0 Å². The van der Waals surface area contributed by atoms with Crippen LogP contribution >= 0.6 is 0 Å². The van der Waals surface area contributed by atoms with Gasteiger partial charge in [0.15, 0.2) is 0 Å². The normalized spacial score (nSPS) is 17.8. The second-order valence-corrected chi connectivity index (χ2v) is 4.47. The van der Waals surface area contributed by atoms with Crippen LogP contribution in [0.25, 0.3) is 0 Å². The fourth-order valence-electron chi connectivity index (χ4n) is 1.95. The molecule has 0 saturated carbocycles. The van der Waals surface area contributed by atoms with Crippen molar-refractivity contribution < 1.29 is 23.8 Å². The first-order valence-corrected chi connectivity index (χ1v) is 6.25. The summed E-state index contributed by atoms with van der Waals surface area (Å²) >= 11 is 0. The number of carbonyl (C=O) groups excluding carboxylic acids is 1. The Labute approximate surface area is 114 Å². The number of carboxylic acids is 1. The Morgan fingerprint density at radius 1 is 1.45 bits per heavy atom. The van der Waals surface area contributed by atoms with E-state index in [2.05, 4.69) is 10.6 Å². The van der Waals surface area contributed by atoms with Crippen LogP contribution in [0.15, 0.2) is 18.2 Å². The van der Waals surface area contributed by atoms with Gasteiger partial charge in [-0.25, -0.2) is 14.0 Å². The number of aromatic carboxylic acids is 1. The molecule has 3 N–H and O–H groups in total. The van der Waals surface area contributed by atoms with Crippen molar-refractivity contribution in [2.24, 2.45) is 0 Å². The third-order valence-corrected chi connectivity index (χ3v) is 2.97. The summed E-state index contributed by atoms with van der Waals surface area (Å²) in [6.45, 7) is 1.09. The number of halogens is 1. The number of hydrogen-bond donors (Lipinski definition) is 3. The Morgan fingerprint density at radius 3 is 2.85 bits per heavy atom. The van der Waals surface area contributed by atoms with Crippen molar-refractivity contribution in [2.75, 3.05) is 18.5 Å². The molecule has 1 aromatic rings. The lowest BCUT2D eigenvalue weighted by molar-refractivity contribution is 0.0692. The van der Waals surface area contributed by atoms with Crippen LogP contribution in [0.1, 0.15) is 23.2 Å². The maximum Gasteiger partial charge on any atom is 0.338 e. The topological polar surface area (TPSA) is 87.7 Å². The van der Waals surface area contributed by atoms with E-state index in [0.717, 1.165) is 25.0 Å². The molecule has 1 aliphatic rings. The summed E-state index contributed by atoms with van der Waals surface area (Å²) in [7, 11) is 0. The highest BCUT2D eigenvalue weighted by molar-refractivity contribution is 5.91. The third kappa shape index (κ3) is 3.67. The van der Waals surface area contributed by atoms with Crippen LogP contribution < -0.4 is 10.6 Å².